The van der Waals surface area contributed by atoms with Gasteiger partial charge in [0.2, 0.25) is 5.91 Å². The largest absolute Gasteiger partial charge is 0.328 e. The molecule has 0 aliphatic heterocycles. The number of aromatic amines is 2. The summed E-state index contributed by atoms with van der Waals surface area (Å²) in [5.41, 5.74) is 7.67. The zero-order chi connectivity index (χ0) is 13.6. The number of carbonyl (C=O) groups excluding carboxylic acids is 1. The Kier molecular flexibility index (Phi) is 2.67. The number of amides is 1. The van der Waals surface area contributed by atoms with Crippen LogP contribution in [-0.4, -0.2) is 29.0 Å². The van der Waals surface area contributed by atoms with Gasteiger partial charge in [0, 0.05) is 24.7 Å². The summed E-state index contributed by atoms with van der Waals surface area (Å²) in [5, 5.41) is 0. The van der Waals surface area contributed by atoms with Gasteiger partial charge < -0.3 is 20.6 Å². The molecule has 1 amide bonds. The lowest BCUT2D eigenvalue weighted by Crippen LogP contribution is -2.45. The number of aromatic nitrogens is 2. The fourth-order valence-electron chi connectivity index (χ4n) is 2.49. The number of rotatable bonds is 2. The number of hydrogen-bond donors (Lipinski definition) is 3. The average molecular weight is 260 g/mol. The second-order valence-corrected chi connectivity index (χ2v) is 5.13. The van der Waals surface area contributed by atoms with E-state index in [2.05, 4.69) is 9.97 Å². The Morgan fingerprint density at radius 3 is 2.68 bits per heavy atom. The van der Waals surface area contributed by atoms with Gasteiger partial charge in [-0.2, -0.15) is 0 Å². The first-order valence-electron chi connectivity index (χ1n) is 6.30. The van der Waals surface area contributed by atoms with E-state index < -0.39 is 0 Å². The highest BCUT2D eigenvalue weighted by atomic mass is 16.2. The third-order valence-electron chi connectivity index (χ3n) is 3.74. The van der Waals surface area contributed by atoms with Crippen LogP contribution in [0.25, 0.3) is 11.0 Å². The smallest absolute Gasteiger partial charge is 0.323 e. The van der Waals surface area contributed by atoms with Crippen molar-refractivity contribution in [3.05, 3.63) is 28.7 Å². The molecule has 1 aromatic carbocycles. The number of nitrogens with two attached hydrogens (primary N) is 1. The molecule has 19 heavy (non-hydrogen) atoms. The van der Waals surface area contributed by atoms with Crippen molar-refractivity contribution in [2.24, 2.45) is 11.7 Å². The molecule has 1 aliphatic carbocycles. The van der Waals surface area contributed by atoms with Gasteiger partial charge in [0.15, 0.2) is 0 Å². The summed E-state index contributed by atoms with van der Waals surface area (Å²) >= 11 is 0. The summed E-state index contributed by atoms with van der Waals surface area (Å²) in [6, 6.07) is 5.57. The molecule has 2 aromatic rings. The van der Waals surface area contributed by atoms with Crippen molar-refractivity contribution < 1.29 is 4.79 Å². The van der Waals surface area contributed by atoms with Crippen LogP contribution in [-0.2, 0) is 4.79 Å². The number of nitrogens with one attached hydrogen (secondary N) is 2. The summed E-state index contributed by atoms with van der Waals surface area (Å²) in [6.07, 6.45) is 1.51. The van der Waals surface area contributed by atoms with E-state index in [0.29, 0.717) is 5.52 Å². The van der Waals surface area contributed by atoms with E-state index in [1.807, 2.05) is 6.07 Å². The molecule has 0 atom stereocenters. The summed E-state index contributed by atoms with van der Waals surface area (Å²) in [5.74, 6) is 0.111. The third-order valence-corrected chi connectivity index (χ3v) is 3.74. The summed E-state index contributed by atoms with van der Waals surface area (Å²) in [7, 11) is 1.75. The summed E-state index contributed by atoms with van der Waals surface area (Å²) < 4.78 is 0. The van der Waals surface area contributed by atoms with Crippen molar-refractivity contribution in [3.63, 3.8) is 0 Å². The lowest BCUT2D eigenvalue weighted by molar-refractivity contribution is -0.124. The maximum absolute atomic E-state index is 12.2. The van der Waals surface area contributed by atoms with E-state index in [0.717, 1.165) is 24.0 Å². The summed E-state index contributed by atoms with van der Waals surface area (Å²) in [4.78, 5) is 30.4. The van der Waals surface area contributed by atoms with Crippen molar-refractivity contribution in [2.75, 3.05) is 11.9 Å². The topological polar surface area (TPSA) is 95.0 Å². The normalized spacial score (nSPS) is 22.2. The maximum Gasteiger partial charge on any atom is 0.323 e. The number of imidazole rings is 1. The van der Waals surface area contributed by atoms with Crippen molar-refractivity contribution >= 4 is 22.6 Å². The molecule has 1 heterocycles. The lowest BCUT2D eigenvalue weighted by Gasteiger charge is -2.34. The van der Waals surface area contributed by atoms with Crippen LogP contribution in [0.4, 0.5) is 5.69 Å². The Morgan fingerprint density at radius 2 is 2.00 bits per heavy atom. The molecular formula is C13H16N4O2. The summed E-state index contributed by atoms with van der Waals surface area (Å²) in [6.45, 7) is 0. The monoisotopic (exact) mass is 260 g/mol. The molecular weight excluding hydrogens is 244 g/mol. The predicted molar refractivity (Wildman–Crippen MR) is 73.0 cm³/mol. The molecule has 0 bridgehead atoms. The number of anilines is 1. The first-order valence-corrected chi connectivity index (χ1v) is 6.30. The number of fused-ring (bicyclic) bond motifs is 1. The minimum absolute atomic E-state index is 0.0287. The number of nitrogens with zero attached hydrogens (tertiary/aromatic N) is 1. The van der Waals surface area contributed by atoms with Gasteiger partial charge >= 0.3 is 5.69 Å². The number of carbonyl (C=O) groups is 1. The van der Waals surface area contributed by atoms with Crippen LogP contribution in [0.3, 0.4) is 0 Å². The SMILES string of the molecule is CN(C(=O)C1CC(N)C1)c1ccc2[nH]c(=O)[nH]c2c1. The van der Waals surface area contributed by atoms with Crippen molar-refractivity contribution in [2.45, 2.75) is 18.9 Å². The van der Waals surface area contributed by atoms with Crippen LogP contribution < -0.4 is 16.3 Å². The Hall–Kier alpha value is -2.08. The van der Waals surface area contributed by atoms with Gasteiger partial charge in [-0.25, -0.2) is 4.79 Å². The van der Waals surface area contributed by atoms with Gasteiger partial charge in [-0.15, -0.1) is 0 Å². The number of benzene rings is 1. The molecule has 1 aliphatic rings. The average Bonchev–Trinajstić information content (AvgIpc) is 2.72. The van der Waals surface area contributed by atoms with Crippen LogP contribution in [0.2, 0.25) is 0 Å². The number of H-pyrrole nitrogens is 2. The van der Waals surface area contributed by atoms with Crippen LogP contribution in [0.15, 0.2) is 23.0 Å². The van der Waals surface area contributed by atoms with E-state index in [9.17, 15) is 9.59 Å². The van der Waals surface area contributed by atoms with Gasteiger partial charge in [-0.3, -0.25) is 4.79 Å². The van der Waals surface area contributed by atoms with E-state index in [-0.39, 0.29) is 23.6 Å². The van der Waals surface area contributed by atoms with Crippen molar-refractivity contribution in [1.82, 2.24) is 9.97 Å². The molecule has 1 aromatic heterocycles. The molecule has 3 rings (SSSR count). The molecule has 1 saturated carbocycles. The van der Waals surface area contributed by atoms with Gasteiger partial charge in [0.05, 0.1) is 11.0 Å². The molecule has 0 unspecified atom stereocenters. The fourth-order valence-corrected chi connectivity index (χ4v) is 2.49. The van der Waals surface area contributed by atoms with Crippen molar-refractivity contribution in [1.29, 1.82) is 0 Å². The first-order chi connectivity index (χ1) is 9.04. The minimum atomic E-state index is -0.244. The van der Waals surface area contributed by atoms with E-state index in [1.165, 1.54) is 0 Å². The standard InChI is InChI=1S/C13H16N4O2/c1-17(12(18)7-4-8(14)5-7)9-2-3-10-11(6-9)16-13(19)15-10/h2-3,6-8H,4-5,14H2,1H3,(H2,15,16,19). The lowest BCUT2D eigenvalue weighted by atomic mass is 9.80. The Balaban J connectivity index is 1.86. The quantitative estimate of drug-likeness (QED) is 0.736. The van der Waals surface area contributed by atoms with Crippen LogP contribution in [0, 0.1) is 5.92 Å². The fraction of sp³-hybridized carbons (Fsp3) is 0.385. The molecule has 100 valence electrons. The van der Waals surface area contributed by atoms with Gasteiger partial charge in [-0.05, 0) is 31.0 Å². The molecule has 0 radical (unpaired) electrons. The van der Waals surface area contributed by atoms with Crippen LogP contribution in [0.1, 0.15) is 12.8 Å². The number of hydrogen-bond acceptors (Lipinski definition) is 3. The van der Waals surface area contributed by atoms with E-state index in [4.69, 9.17) is 5.73 Å². The zero-order valence-electron chi connectivity index (χ0n) is 10.6. The molecule has 1 fully saturated rings. The molecule has 4 N–H and O–H groups in total. The highest BCUT2D eigenvalue weighted by molar-refractivity contribution is 5.96. The molecule has 0 spiro atoms. The van der Waals surface area contributed by atoms with E-state index in [1.54, 1.807) is 24.1 Å². The van der Waals surface area contributed by atoms with Gasteiger partial charge in [0.25, 0.3) is 0 Å². The highest BCUT2D eigenvalue weighted by Crippen LogP contribution is 2.29. The van der Waals surface area contributed by atoms with Crippen LogP contribution >= 0.6 is 0 Å². The Bertz CT molecular complexity index is 681. The first kappa shape index (κ1) is 12.0. The van der Waals surface area contributed by atoms with Gasteiger partial charge in [0.1, 0.15) is 0 Å². The zero-order valence-corrected chi connectivity index (χ0v) is 10.6. The Morgan fingerprint density at radius 1 is 1.32 bits per heavy atom. The molecule has 0 saturated heterocycles. The molecule has 6 nitrogen and oxygen atoms in total. The van der Waals surface area contributed by atoms with E-state index >= 15 is 0 Å². The maximum atomic E-state index is 12.2. The minimum Gasteiger partial charge on any atom is -0.328 e. The second-order valence-electron chi connectivity index (χ2n) is 5.13. The Labute approximate surface area is 109 Å². The van der Waals surface area contributed by atoms with Crippen molar-refractivity contribution in [3.8, 4) is 0 Å². The van der Waals surface area contributed by atoms with Crippen LogP contribution in [0.5, 0.6) is 0 Å². The molecule has 6 heteroatoms. The third kappa shape index (κ3) is 2.04. The highest BCUT2D eigenvalue weighted by Gasteiger charge is 2.34. The predicted octanol–water partition coefficient (Wildman–Crippen LogP) is 0.556. The second kappa shape index (κ2) is 4.24. The van der Waals surface area contributed by atoms with Gasteiger partial charge in [-0.1, -0.05) is 0 Å².